The van der Waals surface area contributed by atoms with Crippen molar-refractivity contribution in [3.05, 3.63) is 41.9 Å². The lowest BCUT2D eigenvalue weighted by atomic mass is 9.85. The Kier molecular flexibility index (Phi) is 10.9. The summed E-state index contributed by atoms with van der Waals surface area (Å²) in [7, 11) is -0.759. The molecule has 53 heavy (non-hydrogen) atoms. The molecule has 16 heteroatoms. The van der Waals surface area contributed by atoms with Crippen LogP contribution in [0.1, 0.15) is 83.7 Å². The van der Waals surface area contributed by atoms with Crippen LogP contribution in [-0.2, 0) is 29.1 Å². The molecule has 0 radical (unpaired) electrons. The van der Waals surface area contributed by atoms with Crippen molar-refractivity contribution in [2.75, 3.05) is 20.8 Å². The number of hydrogen-bond donors (Lipinski definition) is 3. The molecule has 4 fully saturated rings. The van der Waals surface area contributed by atoms with Gasteiger partial charge in [-0.15, -0.1) is 17.9 Å². The number of aromatic nitrogens is 1. The molecule has 4 amide bonds. The van der Waals surface area contributed by atoms with Gasteiger partial charge in [-0.2, -0.15) is 0 Å². The number of hydrogen-bond acceptors (Lipinski definition) is 11. The number of nitrogens with one attached hydrogen (secondary N) is 3. The van der Waals surface area contributed by atoms with E-state index < -0.39 is 68.0 Å². The minimum Gasteiger partial charge on any atom is -0.497 e. The number of nitrogens with zero attached hydrogens (tertiary/aromatic N) is 2. The Labute approximate surface area is 314 Å². The molecular weight excluding hydrogens is 723 g/mol. The fourth-order valence-corrected chi connectivity index (χ4v) is 9.55. The van der Waals surface area contributed by atoms with E-state index in [1.165, 1.54) is 22.3 Å². The van der Waals surface area contributed by atoms with Gasteiger partial charge < -0.3 is 29.7 Å². The van der Waals surface area contributed by atoms with Crippen molar-refractivity contribution in [2.45, 2.75) is 107 Å². The summed E-state index contributed by atoms with van der Waals surface area (Å²) in [5, 5.41) is 7.56. The zero-order valence-electron chi connectivity index (χ0n) is 30.8. The predicted molar refractivity (Wildman–Crippen MR) is 198 cm³/mol. The van der Waals surface area contributed by atoms with E-state index in [0.29, 0.717) is 35.0 Å². The van der Waals surface area contributed by atoms with Gasteiger partial charge in [0.2, 0.25) is 21.8 Å². The summed E-state index contributed by atoms with van der Waals surface area (Å²) in [6.45, 7) is 9.35. The van der Waals surface area contributed by atoms with Crippen molar-refractivity contribution in [1.82, 2.24) is 25.2 Å². The summed E-state index contributed by atoms with van der Waals surface area (Å²) in [5.41, 5.74) is -0.887. The molecule has 1 aromatic heterocycles. The maximum atomic E-state index is 14.6. The third-order valence-corrected chi connectivity index (χ3v) is 13.4. The molecule has 6 rings (SSSR count). The normalized spacial score (nSPS) is 24.9. The number of likely N-dealkylation sites (tertiary alicyclic amines) is 1. The van der Waals surface area contributed by atoms with Crippen LogP contribution in [-0.4, -0.2) is 91.9 Å². The third kappa shape index (κ3) is 8.17. The van der Waals surface area contributed by atoms with Crippen LogP contribution in [0.15, 0.2) is 36.2 Å². The van der Waals surface area contributed by atoms with Gasteiger partial charge in [-0.3, -0.25) is 19.1 Å². The van der Waals surface area contributed by atoms with Crippen LogP contribution in [0.3, 0.4) is 0 Å². The van der Waals surface area contributed by atoms with Crippen molar-refractivity contribution >= 4 is 45.2 Å². The molecule has 2 heterocycles. The number of thiazole rings is 1. The Balaban J connectivity index is 1.28. The van der Waals surface area contributed by atoms with Crippen molar-refractivity contribution in [3.63, 3.8) is 0 Å². The van der Waals surface area contributed by atoms with E-state index in [4.69, 9.17) is 19.2 Å². The molecule has 3 saturated carbocycles. The van der Waals surface area contributed by atoms with Crippen LogP contribution in [0.25, 0.3) is 10.6 Å². The van der Waals surface area contributed by atoms with E-state index in [9.17, 15) is 27.6 Å². The molecule has 14 nitrogen and oxygen atoms in total. The summed E-state index contributed by atoms with van der Waals surface area (Å²) in [6.07, 6.45) is 5.33. The van der Waals surface area contributed by atoms with Gasteiger partial charge in [0.15, 0.2) is 0 Å². The highest BCUT2D eigenvalue weighted by Crippen LogP contribution is 2.46. The minimum atomic E-state index is -3.89. The minimum absolute atomic E-state index is 0.103. The molecule has 5 atom stereocenters. The van der Waals surface area contributed by atoms with Gasteiger partial charge in [0, 0.05) is 29.8 Å². The summed E-state index contributed by atoms with van der Waals surface area (Å²) in [5.74, 6) is -1.61. The van der Waals surface area contributed by atoms with Gasteiger partial charge in [0.1, 0.15) is 40.2 Å². The first-order valence-electron chi connectivity index (χ1n) is 18.1. The van der Waals surface area contributed by atoms with E-state index in [-0.39, 0.29) is 31.4 Å². The number of alkyl carbamates (subject to hydrolysis) is 1. The molecule has 1 aromatic carbocycles. The molecule has 2 aromatic rings. The highest BCUT2D eigenvalue weighted by Gasteiger charge is 2.62. The van der Waals surface area contributed by atoms with Gasteiger partial charge in [-0.25, -0.2) is 18.2 Å². The number of ether oxygens (including phenoxy) is 3. The monoisotopic (exact) mass is 771 g/mol. The Morgan fingerprint density at radius 1 is 1.09 bits per heavy atom. The Morgan fingerprint density at radius 3 is 2.42 bits per heavy atom. The lowest BCUT2D eigenvalue weighted by Crippen LogP contribution is -2.60. The second-order valence-corrected chi connectivity index (χ2v) is 18.3. The van der Waals surface area contributed by atoms with Crippen LogP contribution in [0.5, 0.6) is 11.5 Å². The van der Waals surface area contributed by atoms with Crippen molar-refractivity contribution in [3.8, 4) is 22.1 Å². The first-order valence-corrected chi connectivity index (χ1v) is 20.5. The summed E-state index contributed by atoms with van der Waals surface area (Å²) < 4.78 is 44.2. The van der Waals surface area contributed by atoms with E-state index >= 15 is 0 Å². The number of sulfonamides is 1. The SMILES string of the molecule is C=C[C@@H]1C[C@]1(NC(=O)[C@@H]1C[C@@H](c2csc(-c3ccc(OC)cc3OC)n2)CN1C(=O)C(NC(=O)OC1CCCC1)C(C)(C)C)C(=O)NS(=O)(=O)C1CC1. The number of amides is 4. The van der Waals surface area contributed by atoms with Crippen LogP contribution in [0, 0.1) is 11.3 Å². The number of benzene rings is 1. The number of methoxy groups -OCH3 is 2. The standard InChI is InChI=1S/C37H49N5O9S2/c1-7-22-18-37(22,34(45)41-53(47,48)25-13-14-25)40-31(43)28-16-21(27-20-52-32(38-27)26-15-12-24(49-5)17-29(26)50-6)19-42(28)33(44)30(36(2,3)4)39-35(46)51-23-10-8-9-11-23/h7,12,15,17,20-23,25,28,30H,1,8-11,13-14,16,18-19H2,2-6H3,(H,39,46)(H,40,43)(H,41,45)/t21-,22-,28+,30?,37-/m1/s1. The Hall–Kier alpha value is -4.18. The quantitative estimate of drug-likeness (QED) is 0.249. The zero-order valence-corrected chi connectivity index (χ0v) is 32.4. The molecule has 288 valence electrons. The molecule has 1 saturated heterocycles. The second kappa shape index (κ2) is 14.9. The maximum Gasteiger partial charge on any atom is 0.408 e. The number of carbonyl (C=O) groups is 4. The molecule has 4 aliphatic rings. The number of carbonyl (C=O) groups excluding carboxylic acids is 4. The maximum absolute atomic E-state index is 14.6. The molecular formula is C37H49N5O9S2. The molecule has 1 aliphatic heterocycles. The van der Waals surface area contributed by atoms with E-state index in [1.54, 1.807) is 20.3 Å². The summed E-state index contributed by atoms with van der Waals surface area (Å²) in [4.78, 5) is 61.9. The Bertz CT molecular complexity index is 1860. The van der Waals surface area contributed by atoms with Crippen molar-refractivity contribution < 1.29 is 41.8 Å². The van der Waals surface area contributed by atoms with Gasteiger partial charge in [0.25, 0.3) is 5.91 Å². The van der Waals surface area contributed by atoms with Gasteiger partial charge in [0.05, 0.1) is 30.7 Å². The van der Waals surface area contributed by atoms with Gasteiger partial charge in [-0.05, 0) is 68.9 Å². The smallest absolute Gasteiger partial charge is 0.408 e. The average Bonchev–Trinajstić information content (AvgIpc) is 3.88. The lowest BCUT2D eigenvalue weighted by Gasteiger charge is -2.35. The van der Waals surface area contributed by atoms with Crippen LogP contribution < -0.4 is 24.8 Å². The van der Waals surface area contributed by atoms with E-state index in [2.05, 4.69) is 21.9 Å². The summed E-state index contributed by atoms with van der Waals surface area (Å²) >= 11 is 1.40. The first kappa shape index (κ1) is 38.5. The fraction of sp³-hybridized carbons (Fsp3) is 0.595. The molecule has 3 aliphatic carbocycles. The lowest BCUT2D eigenvalue weighted by molar-refractivity contribution is -0.142. The van der Waals surface area contributed by atoms with Crippen LogP contribution >= 0.6 is 11.3 Å². The van der Waals surface area contributed by atoms with Crippen LogP contribution in [0.2, 0.25) is 0 Å². The number of rotatable bonds is 13. The molecule has 0 bridgehead atoms. The highest BCUT2D eigenvalue weighted by molar-refractivity contribution is 7.91. The van der Waals surface area contributed by atoms with Crippen molar-refractivity contribution in [2.24, 2.45) is 11.3 Å². The highest BCUT2D eigenvalue weighted by atomic mass is 32.2. The molecule has 1 unspecified atom stereocenters. The predicted octanol–water partition coefficient (Wildman–Crippen LogP) is 4.26. The Morgan fingerprint density at radius 2 is 1.81 bits per heavy atom. The second-order valence-electron chi connectivity index (χ2n) is 15.5. The molecule has 3 N–H and O–H groups in total. The first-order chi connectivity index (χ1) is 25.1. The average molecular weight is 772 g/mol. The molecule has 0 spiro atoms. The van der Waals surface area contributed by atoms with Crippen LogP contribution in [0.4, 0.5) is 4.79 Å². The third-order valence-electron chi connectivity index (χ3n) is 10.7. The topological polar surface area (TPSA) is 182 Å². The van der Waals surface area contributed by atoms with E-state index in [1.807, 2.05) is 38.3 Å². The van der Waals surface area contributed by atoms with Gasteiger partial charge in [-0.1, -0.05) is 26.8 Å². The zero-order chi connectivity index (χ0) is 38.3. The van der Waals surface area contributed by atoms with E-state index in [0.717, 1.165) is 31.2 Å². The fourth-order valence-electron chi connectivity index (χ4n) is 7.26. The van der Waals surface area contributed by atoms with Crippen molar-refractivity contribution in [1.29, 1.82) is 0 Å². The largest absolute Gasteiger partial charge is 0.497 e. The summed E-state index contributed by atoms with van der Waals surface area (Å²) in [6, 6.07) is 3.30. The van der Waals surface area contributed by atoms with Gasteiger partial charge >= 0.3 is 6.09 Å².